The smallest absolute Gasteiger partial charge is 0.243 e. The molecular weight excluding hydrogens is 392 g/mol. The molecule has 8 heteroatoms. The van der Waals surface area contributed by atoms with Crippen LogP contribution in [0.1, 0.15) is 57.1 Å². The maximum Gasteiger partial charge on any atom is 0.243 e. The first kappa shape index (κ1) is 22.5. The second kappa shape index (κ2) is 10.7. The number of para-hydroxylation sites is 2. The number of nitriles is 1. The zero-order chi connectivity index (χ0) is 22.2. The molecule has 0 aliphatic carbocycles. The number of nitrogens with zero attached hydrogens (tertiary/aromatic N) is 4. The van der Waals surface area contributed by atoms with E-state index in [0.29, 0.717) is 55.0 Å². The van der Waals surface area contributed by atoms with Crippen LogP contribution < -0.4 is 16.0 Å². The van der Waals surface area contributed by atoms with Crippen LogP contribution in [-0.4, -0.2) is 41.4 Å². The molecule has 0 unspecified atom stereocenters. The summed E-state index contributed by atoms with van der Waals surface area (Å²) in [6, 6.07) is 9.55. The van der Waals surface area contributed by atoms with Crippen molar-refractivity contribution in [3.63, 3.8) is 0 Å². The molecule has 8 nitrogen and oxygen atoms in total. The van der Waals surface area contributed by atoms with Crippen molar-refractivity contribution in [1.29, 1.82) is 5.26 Å². The molecule has 0 bridgehead atoms. The number of aromatic nitrogens is 2. The molecule has 1 atom stereocenters. The Kier molecular flexibility index (Phi) is 7.76. The molecule has 164 valence electrons. The Bertz CT molecular complexity index is 962. The summed E-state index contributed by atoms with van der Waals surface area (Å²) in [6.07, 6.45) is 5.41. The SMILES string of the molecule is CCCCCCNC(=O)[C@@H](C#N)c1nc2ccccc2nc1N1CCC(C(N)=O)CC1. The Morgan fingerprint density at radius 2 is 1.87 bits per heavy atom. The number of carbonyl (C=O) groups excluding carboxylic acids is 2. The number of nitrogens with two attached hydrogens (primary N) is 1. The van der Waals surface area contributed by atoms with Gasteiger partial charge in [-0.1, -0.05) is 38.3 Å². The van der Waals surface area contributed by atoms with E-state index in [1.54, 1.807) is 0 Å². The number of rotatable bonds is 9. The Morgan fingerprint density at radius 3 is 2.48 bits per heavy atom. The van der Waals surface area contributed by atoms with Crippen molar-refractivity contribution in [2.45, 2.75) is 51.4 Å². The van der Waals surface area contributed by atoms with Gasteiger partial charge >= 0.3 is 0 Å². The number of hydrogen-bond acceptors (Lipinski definition) is 6. The molecule has 1 aliphatic heterocycles. The quantitative estimate of drug-likeness (QED) is 0.599. The lowest BCUT2D eigenvalue weighted by Crippen LogP contribution is -2.40. The zero-order valence-electron chi connectivity index (χ0n) is 18.0. The minimum Gasteiger partial charge on any atom is -0.369 e. The molecule has 1 aliphatic rings. The molecule has 2 heterocycles. The van der Waals surface area contributed by atoms with Crippen LogP contribution in [0.2, 0.25) is 0 Å². The standard InChI is InChI=1S/C23H30N6O2/c1-2-3-4-7-12-26-23(31)17(15-24)20-22(28-19-9-6-5-8-18(19)27-20)29-13-10-16(11-14-29)21(25)30/h5-6,8-9,16-17H,2-4,7,10-14H2,1H3,(H2,25,30)(H,26,31)/t17-/m0/s1. The zero-order valence-corrected chi connectivity index (χ0v) is 18.0. The summed E-state index contributed by atoms with van der Waals surface area (Å²) in [5, 5.41) is 12.7. The van der Waals surface area contributed by atoms with Gasteiger partial charge in [0.1, 0.15) is 5.69 Å². The third kappa shape index (κ3) is 5.48. The van der Waals surface area contributed by atoms with Gasteiger partial charge in [0, 0.05) is 25.6 Å². The number of piperidine rings is 1. The van der Waals surface area contributed by atoms with Gasteiger partial charge in [-0.2, -0.15) is 5.26 Å². The number of unbranched alkanes of at least 4 members (excludes halogenated alkanes) is 3. The number of carbonyl (C=O) groups is 2. The van der Waals surface area contributed by atoms with Crippen molar-refractivity contribution in [1.82, 2.24) is 15.3 Å². The van der Waals surface area contributed by atoms with E-state index in [2.05, 4.69) is 23.3 Å². The van der Waals surface area contributed by atoms with Crippen LogP contribution in [-0.2, 0) is 9.59 Å². The molecule has 1 fully saturated rings. The number of benzene rings is 1. The van der Waals surface area contributed by atoms with Crippen LogP contribution in [0.15, 0.2) is 24.3 Å². The molecule has 31 heavy (non-hydrogen) atoms. The monoisotopic (exact) mass is 422 g/mol. The van der Waals surface area contributed by atoms with Crippen molar-refractivity contribution in [3.05, 3.63) is 30.0 Å². The van der Waals surface area contributed by atoms with E-state index in [0.717, 1.165) is 25.7 Å². The summed E-state index contributed by atoms with van der Waals surface area (Å²) in [5.41, 5.74) is 7.17. The van der Waals surface area contributed by atoms with Crippen molar-refractivity contribution < 1.29 is 9.59 Å². The highest BCUT2D eigenvalue weighted by Gasteiger charge is 2.31. The minimum atomic E-state index is -1.05. The van der Waals surface area contributed by atoms with E-state index in [9.17, 15) is 14.9 Å². The van der Waals surface area contributed by atoms with Gasteiger partial charge in [-0.05, 0) is 31.4 Å². The van der Waals surface area contributed by atoms with Gasteiger partial charge in [0.05, 0.1) is 17.1 Å². The summed E-state index contributed by atoms with van der Waals surface area (Å²) in [4.78, 5) is 35.8. The van der Waals surface area contributed by atoms with Crippen molar-refractivity contribution >= 4 is 28.7 Å². The fourth-order valence-corrected chi connectivity index (χ4v) is 3.92. The lowest BCUT2D eigenvalue weighted by Gasteiger charge is -2.32. The third-order valence-corrected chi connectivity index (χ3v) is 5.77. The highest BCUT2D eigenvalue weighted by molar-refractivity contribution is 5.89. The van der Waals surface area contributed by atoms with Crippen LogP contribution in [0, 0.1) is 17.2 Å². The van der Waals surface area contributed by atoms with Crippen molar-refractivity contribution in [3.8, 4) is 6.07 Å². The first-order valence-corrected chi connectivity index (χ1v) is 11.0. The van der Waals surface area contributed by atoms with Crippen LogP contribution in [0.4, 0.5) is 5.82 Å². The predicted octanol–water partition coefficient (Wildman–Crippen LogP) is 2.64. The summed E-state index contributed by atoms with van der Waals surface area (Å²) >= 11 is 0. The summed E-state index contributed by atoms with van der Waals surface area (Å²) in [7, 11) is 0. The Labute approximate surface area is 182 Å². The number of primary amides is 1. The van der Waals surface area contributed by atoms with E-state index in [1.165, 1.54) is 0 Å². The highest BCUT2D eigenvalue weighted by atomic mass is 16.2. The molecule has 1 aromatic heterocycles. The third-order valence-electron chi connectivity index (χ3n) is 5.77. The highest BCUT2D eigenvalue weighted by Crippen LogP contribution is 2.30. The first-order chi connectivity index (χ1) is 15.0. The predicted molar refractivity (Wildman–Crippen MR) is 119 cm³/mol. The van der Waals surface area contributed by atoms with Crippen LogP contribution in [0.25, 0.3) is 11.0 Å². The molecular formula is C23H30N6O2. The molecule has 1 saturated heterocycles. The van der Waals surface area contributed by atoms with Crippen LogP contribution in [0.5, 0.6) is 0 Å². The van der Waals surface area contributed by atoms with Crippen LogP contribution >= 0.6 is 0 Å². The lowest BCUT2D eigenvalue weighted by molar-refractivity contribution is -0.122. The van der Waals surface area contributed by atoms with Gasteiger partial charge in [-0.25, -0.2) is 9.97 Å². The molecule has 3 rings (SSSR count). The van der Waals surface area contributed by atoms with Crippen molar-refractivity contribution in [2.24, 2.45) is 11.7 Å². The van der Waals surface area contributed by atoms with Gasteiger partial charge in [-0.3, -0.25) is 9.59 Å². The lowest BCUT2D eigenvalue weighted by atomic mass is 9.95. The Hall–Kier alpha value is -3.21. The average Bonchev–Trinajstić information content (AvgIpc) is 2.79. The van der Waals surface area contributed by atoms with E-state index < -0.39 is 5.92 Å². The van der Waals surface area contributed by atoms with E-state index in [1.807, 2.05) is 29.2 Å². The van der Waals surface area contributed by atoms with Gasteiger partial charge < -0.3 is 16.0 Å². The van der Waals surface area contributed by atoms with E-state index in [4.69, 9.17) is 10.7 Å². The van der Waals surface area contributed by atoms with Gasteiger partial charge in [0.2, 0.25) is 11.8 Å². The molecule has 2 aromatic rings. The molecule has 2 amide bonds. The molecule has 0 spiro atoms. The normalized spacial score (nSPS) is 15.4. The fourth-order valence-electron chi connectivity index (χ4n) is 3.92. The molecule has 1 aromatic carbocycles. The van der Waals surface area contributed by atoms with Crippen LogP contribution in [0.3, 0.4) is 0 Å². The second-order valence-corrected chi connectivity index (χ2v) is 8.00. The average molecular weight is 423 g/mol. The molecule has 0 saturated carbocycles. The van der Waals surface area contributed by atoms with E-state index >= 15 is 0 Å². The number of anilines is 1. The summed E-state index contributed by atoms with van der Waals surface area (Å²) in [5.74, 6) is -1.31. The van der Waals surface area contributed by atoms with Crippen molar-refractivity contribution in [2.75, 3.05) is 24.5 Å². The maximum absolute atomic E-state index is 12.8. The molecule has 3 N–H and O–H groups in total. The number of fused-ring (bicyclic) bond motifs is 1. The second-order valence-electron chi connectivity index (χ2n) is 8.00. The van der Waals surface area contributed by atoms with Gasteiger partial charge in [0.25, 0.3) is 0 Å². The topological polar surface area (TPSA) is 125 Å². The maximum atomic E-state index is 12.8. The molecule has 0 radical (unpaired) electrons. The fraction of sp³-hybridized carbons (Fsp3) is 0.522. The summed E-state index contributed by atoms with van der Waals surface area (Å²) < 4.78 is 0. The van der Waals surface area contributed by atoms with Gasteiger partial charge in [0.15, 0.2) is 11.7 Å². The largest absolute Gasteiger partial charge is 0.369 e. The minimum absolute atomic E-state index is 0.161. The number of amides is 2. The Balaban J connectivity index is 1.86. The number of hydrogen-bond donors (Lipinski definition) is 2. The first-order valence-electron chi connectivity index (χ1n) is 11.0. The van der Waals surface area contributed by atoms with Gasteiger partial charge in [-0.15, -0.1) is 0 Å². The summed E-state index contributed by atoms with van der Waals surface area (Å²) in [6.45, 7) is 3.82. The number of nitrogens with one attached hydrogen (secondary N) is 1. The van der Waals surface area contributed by atoms with E-state index in [-0.39, 0.29) is 17.7 Å². The Morgan fingerprint density at radius 1 is 1.19 bits per heavy atom.